The maximum atomic E-state index is 10.6. The molecule has 0 aliphatic rings. The molecule has 25 heavy (non-hydrogen) atoms. The Balaban J connectivity index is 1.66. The minimum absolute atomic E-state index is 0.0757. The summed E-state index contributed by atoms with van der Waals surface area (Å²) in [6.45, 7) is 0. The average Bonchev–Trinajstić information content (AvgIpc) is 2.67. The van der Waals surface area contributed by atoms with Crippen LogP contribution in [0.3, 0.4) is 0 Å². The van der Waals surface area contributed by atoms with Gasteiger partial charge in [-0.15, -0.1) is 0 Å². The fourth-order valence-electron chi connectivity index (χ4n) is 2.26. The van der Waals surface area contributed by atoms with Crippen LogP contribution < -0.4 is 0 Å². The molecule has 0 saturated carbocycles. The third-order valence-corrected chi connectivity index (χ3v) is 3.63. The third-order valence-electron chi connectivity index (χ3n) is 3.63. The molecule has 0 N–H and O–H groups in total. The van der Waals surface area contributed by atoms with Crippen LogP contribution in [0.25, 0.3) is 12.2 Å². The van der Waals surface area contributed by atoms with Gasteiger partial charge in [0.2, 0.25) is 0 Å². The molecule has 0 fully saturated rings. The maximum absolute atomic E-state index is 10.6. The Labute approximate surface area is 145 Å². The van der Waals surface area contributed by atoms with Crippen LogP contribution in [0, 0.1) is 10.1 Å². The van der Waals surface area contributed by atoms with Crippen LogP contribution in [0.1, 0.15) is 16.7 Å². The fraction of sp³-hybridized carbons (Fsp3) is 0. The molecule has 3 rings (SSSR count). The molecule has 0 bridgehead atoms. The van der Waals surface area contributed by atoms with E-state index < -0.39 is 4.92 Å². The van der Waals surface area contributed by atoms with Crippen molar-refractivity contribution < 1.29 is 4.92 Å². The van der Waals surface area contributed by atoms with Crippen molar-refractivity contribution in [2.75, 3.05) is 0 Å². The van der Waals surface area contributed by atoms with E-state index in [0.29, 0.717) is 0 Å². The van der Waals surface area contributed by atoms with Crippen molar-refractivity contribution in [1.29, 1.82) is 0 Å². The van der Waals surface area contributed by atoms with Crippen molar-refractivity contribution in [2.45, 2.75) is 0 Å². The standard InChI is InChI=1S/C21H16N2O2/c24-23(25)21-14-10-19(11-15-21)16-22-20-12-8-18(9-13-20)7-6-17-4-2-1-3-5-17/h1-16H. The lowest BCUT2D eigenvalue weighted by atomic mass is 10.1. The van der Waals surface area contributed by atoms with Crippen LogP contribution in [0.4, 0.5) is 11.4 Å². The normalized spacial score (nSPS) is 11.2. The van der Waals surface area contributed by atoms with Gasteiger partial charge in [0.15, 0.2) is 0 Å². The Hall–Kier alpha value is -3.53. The van der Waals surface area contributed by atoms with E-state index in [1.54, 1.807) is 18.3 Å². The highest BCUT2D eigenvalue weighted by Gasteiger charge is 2.02. The molecule has 0 aliphatic carbocycles. The quantitative estimate of drug-likeness (QED) is 0.268. The minimum Gasteiger partial charge on any atom is -0.258 e. The van der Waals surface area contributed by atoms with Gasteiger partial charge in [-0.3, -0.25) is 15.1 Å². The molecule has 0 aliphatic heterocycles. The predicted molar refractivity (Wildman–Crippen MR) is 102 cm³/mol. The van der Waals surface area contributed by atoms with Crippen LogP contribution in [-0.2, 0) is 0 Å². The fourth-order valence-corrected chi connectivity index (χ4v) is 2.26. The molecule has 0 heterocycles. The molecule has 0 radical (unpaired) electrons. The first-order valence-electron chi connectivity index (χ1n) is 7.82. The smallest absolute Gasteiger partial charge is 0.258 e. The molecule has 3 aromatic rings. The predicted octanol–water partition coefficient (Wildman–Crippen LogP) is 5.52. The number of rotatable bonds is 5. The van der Waals surface area contributed by atoms with Crippen molar-refractivity contribution in [1.82, 2.24) is 0 Å². The molecule has 4 heteroatoms. The van der Waals surface area contributed by atoms with Crippen LogP contribution in [-0.4, -0.2) is 11.1 Å². The molecule has 122 valence electrons. The van der Waals surface area contributed by atoms with Gasteiger partial charge in [-0.05, 0) is 41.0 Å². The number of aliphatic imine (C=N–C) groups is 1. The first-order valence-corrected chi connectivity index (χ1v) is 7.82. The van der Waals surface area contributed by atoms with Crippen LogP contribution >= 0.6 is 0 Å². The van der Waals surface area contributed by atoms with Gasteiger partial charge in [0.05, 0.1) is 10.6 Å². The molecule has 4 nitrogen and oxygen atoms in total. The molecule has 0 atom stereocenters. The van der Waals surface area contributed by atoms with Gasteiger partial charge in [0.1, 0.15) is 0 Å². The Morgan fingerprint density at radius 3 is 1.88 bits per heavy atom. The Kier molecular flexibility index (Phi) is 5.12. The van der Waals surface area contributed by atoms with Gasteiger partial charge < -0.3 is 0 Å². The summed E-state index contributed by atoms with van der Waals surface area (Å²) in [4.78, 5) is 14.6. The zero-order chi connectivity index (χ0) is 17.5. The summed E-state index contributed by atoms with van der Waals surface area (Å²) >= 11 is 0. The number of hydrogen-bond acceptors (Lipinski definition) is 3. The summed E-state index contributed by atoms with van der Waals surface area (Å²) < 4.78 is 0. The lowest BCUT2D eigenvalue weighted by molar-refractivity contribution is -0.384. The topological polar surface area (TPSA) is 55.5 Å². The Morgan fingerprint density at radius 1 is 0.720 bits per heavy atom. The summed E-state index contributed by atoms with van der Waals surface area (Å²) in [5.41, 5.74) is 3.97. The largest absolute Gasteiger partial charge is 0.269 e. The number of benzene rings is 3. The maximum Gasteiger partial charge on any atom is 0.269 e. The lowest BCUT2D eigenvalue weighted by Gasteiger charge is -1.97. The lowest BCUT2D eigenvalue weighted by Crippen LogP contribution is -1.88. The number of nitrogens with zero attached hydrogens (tertiary/aromatic N) is 2. The SMILES string of the molecule is O=[N+]([O-])c1ccc(C=Nc2ccc(C=Cc3ccccc3)cc2)cc1. The zero-order valence-corrected chi connectivity index (χ0v) is 13.4. The first-order chi connectivity index (χ1) is 12.2. The molecular formula is C21H16N2O2. The molecule has 0 amide bonds. The van der Waals surface area contributed by atoms with E-state index in [0.717, 1.165) is 22.4 Å². The van der Waals surface area contributed by atoms with E-state index in [4.69, 9.17) is 0 Å². The monoisotopic (exact) mass is 328 g/mol. The second kappa shape index (κ2) is 7.84. The van der Waals surface area contributed by atoms with Gasteiger partial charge in [-0.1, -0.05) is 54.6 Å². The van der Waals surface area contributed by atoms with Crippen molar-refractivity contribution in [3.05, 3.63) is 106 Å². The van der Waals surface area contributed by atoms with E-state index in [9.17, 15) is 10.1 Å². The molecular weight excluding hydrogens is 312 g/mol. The van der Waals surface area contributed by atoms with Crippen molar-refractivity contribution in [2.24, 2.45) is 4.99 Å². The van der Waals surface area contributed by atoms with Crippen LogP contribution in [0.5, 0.6) is 0 Å². The van der Waals surface area contributed by atoms with E-state index in [-0.39, 0.29) is 5.69 Å². The summed E-state index contributed by atoms with van der Waals surface area (Å²) in [5.74, 6) is 0. The third kappa shape index (κ3) is 4.72. The van der Waals surface area contributed by atoms with Crippen LogP contribution in [0.15, 0.2) is 83.9 Å². The highest BCUT2D eigenvalue weighted by Crippen LogP contribution is 2.16. The van der Waals surface area contributed by atoms with E-state index in [1.807, 2.05) is 42.5 Å². The molecule has 3 aromatic carbocycles. The zero-order valence-electron chi connectivity index (χ0n) is 13.4. The number of nitro groups is 1. The highest BCUT2D eigenvalue weighted by molar-refractivity contribution is 5.82. The van der Waals surface area contributed by atoms with Crippen molar-refractivity contribution in [3.63, 3.8) is 0 Å². The van der Waals surface area contributed by atoms with Gasteiger partial charge in [0.25, 0.3) is 5.69 Å². The summed E-state index contributed by atoms with van der Waals surface area (Å²) in [6.07, 6.45) is 5.81. The second-order valence-electron chi connectivity index (χ2n) is 5.44. The average molecular weight is 328 g/mol. The summed E-state index contributed by atoms with van der Waals surface area (Å²) in [5, 5.41) is 10.6. The van der Waals surface area contributed by atoms with Crippen molar-refractivity contribution >= 4 is 29.7 Å². The number of nitro benzene ring substituents is 1. The van der Waals surface area contributed by atoms with Gasteiger partial charge in [-0.2, -0.15) is 0 Å². The van der Waals surface area contributed by atoms with Crippen molar-refractivity contribution in [3.8, 4) is 0 Å². The van der Waals surface area contributed by atoms with E-state index >= 15 is 0 Å². The van der Waals surface area contributed by atoms with E-state index in [1.165, 1.54) is 12.1 Å². The molecule has 0 unspecified atom stereocenters. The Bertz CT molecular complexity index is 897. The highest BCUT2D eigenvalue weighted by atomic mass is 16.6. The number of hydrogen-bond donors (Lipinski definition) is 0. The summed E-state index contributed by atoms with van der Waals surface area (Å²) in [7, 11) is 0. The molecule has 0 aromatic heterocycles. The van der Waals surface area contributed by atoms with Gasteiger partial charge in [0, 0.05) is 18.3 Å². The summed E-state index contributed by atoms with van der Waals surface area (Å²) in [6, 6.07) is 24.3. The first kappa shape index (κ1) is 16.3. The van der Waals surface area contributed by atoms with Crippen LogP contribution in [0.2, 0.25) is 0 Å². The van der Waals surface area contributed by atoms with E-state index in [2.05, 4.69) is 29.3 Å². The van der Waals surface area contributed by atoms with Gasteiger partial charge in [-0.25, -0.2) is 0 Å². The number of non-ortho nitro benzene ring substituents is 1. The Morgan fingerprint density at radius 2 is 1.28 bits per heavy atom. The second-order valence-corrected chi connectivity index (χ2v) is 5.44. The molecule has 0 saturated heterocycles. The molecule has 0 spiro atoms. The van der Waals surface area contributed by atoms with Gasteiger partial charge >= 0.3 is 0 Å². The minimum atomic E-state index is -0.414.